The second-order valence-corrected chi connectivity index (χ2v) is 12.3. The Balaban J connectivity index is 2.70. The molecule has 0 aromatic heterocycles. The number of benzene rings is 1. The molecule has 90 valence electrons. The first-order chi connectivity index (χ1) is 7.79. The van der Waals surface area contributed by atoms with Gasteiger partial charge in [-0.05, 0) is 0 Å². The molecule has 0 atom stereocenters. The minimum atomic E-state index is -1.19. The molecule has 1 aromatic carbocycles. The third kappa shape index (κ3) is 4.78. The Morgan fingerprint density at radius 3 is 2.06 bits per heavy atom. The molecule has 0 nitrogen and oxygen atoms in total. The third-order valence-electron chi connectivity index (χ3n) is 3.16. The molecule has 0 amide bonds. The van der Waals surface area contributed by atoms with Gasteiger partial charge in [-0.15, -0.1) is 0 Å². The fourth-order valence-corrected chi connectivity index (χ4v) is 12.4. The van der Waals surface area contributed by atoms with Gasteiger partial charge in [0.1, 0.15) is 0 Å². The molecule has 0 aliphatic heterocycles. The molecule has 2 heteroatoms. The zero-order valence-corrected chi connectivity index (χ0v) is 15.1. The summed E-state index contributed by atoms with van der Waals surface area (Å²) in [6.45, 7) is 4.63. The van der Waals surface area contributed by atoms with E-state index in [4.69, 9.17) is 0 Å². The Labute approximate surface area is 118 Å². The second kappa shape index (κ2) is 8.56. The predicted octanol–water partition coefficient (Wildman–Crippen LogP) is 4.33. The van der Waals surface area contributed by atoms with Crippen LogP contribution < -0.4 is 4.40 Å². The van der Waals surface area contributed by atoms with Crippen molar-refractivity contribution < 1.29 is 0 Å². The molecule has 0 spiro atoms. The zero-order chi connectivity index (χ0) is 11.8. The fraction of sp³-hybridized carbons (Fsp3) is 0.571. The van der Waals surface area contributed by atoms with Gasteiger partial charge in [0.25, 0.3) is 0 Å². The second-order valence-electron chi connectivity index (χ2n) is 4.50. The normalized spacial score (nSPS) is 11.0. The molecule has 0 aliphatic rings. The van der Waals surface area contributed by atoms with Crippen molar-refractivity contribution in [2.75, 3.05) is 0 Å². The standard InChI is InChI=1S/C14H23GeI/c1-3-5-11-15(12-6-4-2)13-9-7-8-10-14(13)16/h7-10,15H,3-6,11-12H2,1-2H3. The summed E-state index contributed by atoms with van der Waals surface area (Å²) in [4.78, 5) is 0. The number of unbranched alkanes of at least 4 members (excludes halogenated alkanes) is 2. The van der Waals surface area contributed by atoms with E-state index in [1.807, 2.05) is 0 Å². The molecule has 0 heterocycles. The summed E-state index contributed by atoms with van der Waals surface area (Å²) < 4.78 is 3.29. The summed E-state index contributed by atoms with van der Waals surface area (Å²) in [5, 5.41) is 3.09. The third-order valence-corrected chi connectivity index (χ3v) is 12.9. The fourth-order valence-electron chi connectivity index (χ4n) is 2.16. The summed E-state index contributed by atoms with van der Waals surface area (Å²) in [6, 6.07) is 9.08. The van der Waals surface area contributed by atoms with Crippen molar-refractivity contribution in [3.05, 3.63) is 27.8 Å². The predicted molar refractivity (Wildman–Crippen MR) is 85.4 cm³/mol. The summed E-state index contributed by atoms with van der Waals surface area (Å²) in [5.41, 5.74) is 0. The van der Waals surface area contributed by atoms with E-state index >= 15 is 0 Å². The molecular formula is C14H23GeI. The van der Waals surface area contributed by atoms with Crippen LogP contribution in [-0.4, -0.2) is 14.3 Å². The topological polar surface area (TPSA) is 0 Å². The molecule has 0 saturated heterocycles. The number of hydrogen-bond donors (Lipinski definition) is 0. The van der Waals surface area contributed by atoms with Crippen LogP contribution >= 0.6 is 22.6 Å². The van der Waals surface area contributed by atoms with Crippen molar-refractivity contribution in [3.63, 3.8) is 0 Å². The SMILES string of the molecule is CCC[CH2][GeH]([CH2]CCC)[c]1ccccc1I. The van der Waals surface area contributed by atoms with E-state index in [2.05, 4.69) is 60.7 Å². The monoisotopic (exact) mass is 392 g/mol. The van der Waals surface area contributed by atoms with Gasteiger partial charge in [-0.1, -0.05) is 0 Å². The van der Waals surface area contributed by atoms with Crippen LogP contribution in [0.3, 0.4) is 0 Å². The first-order valence-electron chi connectivity index (χ1n) is 6.54. The van der Waals surface area contributed by atoms with Crippen LogP contribution in [0.1, 0.15) is 39.5 Å². The van der Waals surface area contributed by atoms with Gasteiger partial charge in [-0.2, -0.15) is 0 Å². The molecule has 16 heavy (non-hydrogen) atoms. The zero-order valence-electron chi connectivity index (χ0n) is 10.5. The summed E-state index contributed by atoms with van der Waals surface area (Å²) in [5.74, 6) is 0. The van der Waals surface area contributed by atoms with Crippen LogP contribution in [0.5, 0.6) is 0 Å². The molecule has 0 aliphatic carbocycles. The van der Waals surface area contributed by atoms with Crippen LogP contribution in [0.4, 0.5) is 0 Å². The molecule has 0 radical (unpaired) electrons. The molecule has 0 unspecified atom stereocenters. The molecule has 0 fully saturated rings. The number of rotatable bonds is 7. The van der Waals surface area contributed by atoms with E-state index in [1.165, 1.54) is 29.3 Å². The van der Waals surface area contributed by atoms with Gasteiger partial charge in [0, 0.05) is 0 Å². The summed E-state index contributed by atoms with van der Waals surface area (Å²) >= 11 is 1.34. The minimum absolute atomic E-state index is 1.19. The van der Waals surface area contributed by atoms with E-state index in [9.17, 15) is 0 Å². The molecule has 1 aromatic rings. The average molecular weight is 391 g/mol. The number of hydrogen-bond acceptors (Lipinski definition) is 0. The van der Waals surface area contributed by atoms with Gasteiger partial charge in [0.15, 0.2) is 0 Å². The molecule has 0 bridgehead atoms. The van der Waals surface area contributed by atoms with Gasteiger partial charge < -0.3 is 0 Å². The Hall–Kier alpha value is 0.493. The van der Waals surface area contributed by atoms with Crippen molar-refractivity contribution in [1.82, 2.24) is 0 Å². The quantitative estimate of drug-likeness (QED) is 0.480. The van der Waals surface area contributed by atoms with Crippen LogP contribution in [0.2, 0.25) is 10.5 Å². The maximum atomic E-state index is 2.53. The Bertz CT molecular complexity index is 291. The van der Waals surface area contributed by atoms with Crippen molar-refractivity contribution in [2.24, 2.45) is 0 Å². The van der Waals surface area contributed by atoms with Crippen molar-refractivity contribution in [3.8, 4) is 0 Å². The first kappa shape index (κ1) is 14.6. The van der Waals surface area contributed by atoms with Crippen molar-refractivity contribution in [1.29, 1.82) is 0 Å². The maximum absolute atomic E-state index is 2.53. The van der Waals surface area contributed by atoms with Crippen LogP contribution in [0.25, 0.3) is 0 Å². The molecule has 1 rings (SSSR count). The first-order valence-corrected chi connectivity index (χ1v) is 12.3. The van der Waals surface area contributed by atoms with Gasteiger partial charge in [0.2, 0.25) is 0 Å². The molecular weight excluding hydrogens is 368 g/mol. The van der Waals surface area contributed by atoms with Gasteiger partial charge in [-0.3, -0.25) is 0 Å². The summed E-state index contributed by atoms with van der Waals surface area (Å²) in [6.07, 6.45) is 5.60. The van der Waals surface area contributed by atoms with E-state index in [-0.39, 0.29) is 0 Å². The summed E-state index contributed by atoms with van der Waals surface area (Å²) in [7, 11) is 0. The van der Waals surface area contributed by atoms with E-state index in [1.54, 1.807) is 14.9 Å². The Kier molecular flexibility index (Phi) is 7.79. The van der Waals surface area contributed by atoms with E-state index in [0.717, 1.165) is 0 Å². The van der Waals surface area contributed by atoms with E-state index in [0.29, 0.717) is 0 Å². The average Bonchev–Trinajstić information content (AvgIpc) is 2.31. The van der Waals surface area contributed by atoms with Crippen LogP contribution in [0, 0.1) is 3.57 Å². The van der Waals surface area contributed by atoms with Crippen LogP contribution in [-0.2, 0) is 0 Å². The van der Waals surface area contributed by atoms with Gasteiger partial charge in [-0.25, -0.2) is 0 Å². The Morgan fingerprint density at radius 2 is 1.56 bits per heavy atom. The van der Waals surface area contributed by atoms with E-state index < -0.39 is 14.3 Å². The van der Waals surface area contributed by atoms with Crippen LogP contribution in [0.15, 0.2) is 24.3 Å². The van der Waals surface area contributed by atoms with Crippen molar-refractivity contribution >= 4 is 41.3 Å². The van der Waals surface area contributed by atoms with Crippen molar-refractivity contribution in [2.45, 2.75) is 50.0 Å². The van der Waals surface area contributed by atoms with Gasteiger partial charge >= 0.3 is 119 Å². The van der Waals surface area contributed by atoms with Gasteiger partial charge in [0.05, 0.1) is 0 Å². The molecule has 0 N–H and O–H groups in total. The Morgan fingerprint density at radius 1 is 1.00 bits per heavy atom. The molecule has 0 saturated carbocycles. The number of halogens is 1.